The van der Waals surface area contributed by atoms with Crippen molar-refractivity contribution in [2.75, 3.05) is 13.1 Å². The first kappa shape index (κ1) is 15.2. The van der Waals surface area contributed by atoms with Crippen molar-refractivity contribution in [3.8, 4) is 0 Å². The zero-order valence-corrected chi connectivity index (χ0v) is 13.2. The number of nitrogens with one attached hydrogen (secondary N) is 1. The summed E-state index contributed by atoms with van der Waals surface area (Å²) < 4.78 is 15.7. The summed E-state index contributed by atoms with van der Waals surface area (Å²) >= 11 is 3.21. The summed E-state index contributed by atoms with van der Waals surface area (Å²) in [6, 6.07) is 5.08. The summed E-state index contributed by atoms with van der Waals surface area (Å²) in [5.74, 6) is -0.234. The molecule has 0 amide bonds. The average Bonchev–Trinajstić information content (AvgIpc) is 2.87. The highest BCUT2D eigenvalue weighted by atomic mass is 79.9. The molecule has 2 rings (SSSR count). The topological polar surface area (TPSA) is 29.9 Å². The highest BCUT2D eigenvalue weighted by molar-refractivity contribution is 9.10. The molecule has 0 aliphatic heterocycles. The summed E-state index contributed by atoms with van der Waals surface area (Å²) in [4.78, 5) is 4.39. The van der Waals surface area contributed by atoms with Crippen LogP contribution in [0, 0.1) is 5.82 Å². The van der Waals surface area contributed by atoms with Gasteiger partial charge in [-0.2, -0.15) is 0 Å². The molecule has 2 aromatic rings. The molecule has 108 valence electrons. The van der Waals surface area contributed by atoms with Crippen LogP contribution >= 0.6 is 15.9 Å². The number of nitrogens with zero attached hydrogens (tertiary/aromatic N) is 2. The van der Waals surface area contributed by atoms with Gasteiger partial charge in [-0.05, 0) is 46.6 Å². The minimum absolute atomic E-state index is 0.234. The van der Waals surface area contributed by atoms with Crippen molar-refractivity contribution in [1.82, 2.24) is 14.9 Å². The van der Waals surface area contributed by atoms with Gasteiger partial charge in [-0.25, -0.2) is 9.37 Å². The molecule has 0 saturated carbocycles. The van der Waals surface area contributed by atoms with Gasteiger partial charge in [0, 0.05) is 25.7 Å². The minimum Gasteiger partial charge on any atom is -0.333 e. The van der Waals surface area contributed by atoms with E-state index in [0.717, 1.165) is 37.2 Å². The number of hydrogen-bond acceptors (Lipinski definition) is 2. The van der Waals surface area contributed by atoms with Crippen molar-refractivity contribution >= 4 is 15.9 Å². The first-order valence-electron chi connectivity index (χ1n) is 6.84. The van der Waals surface area contributed by atoms with E-state index in [1.807, 2.05) is 17.1 Å². The Morgan fingerprint density at radius 3 is 2.95 bits per heavy atom. The Hall–Kier alpha value is -1.20. The number of aromatic nitrogens is 2. The van der Waals surface area contributed by atoms with E-state index in [1.54, 1.807) is 12.1 Å². The zero-order chi connectivity index (χ0) is 14.4. The van der Waals surface area contributed by atoms with Crippen LogP contribution in [0.5, 0.6) is 0 Å². The molecule has 0 aliphatic carbocycles. The SMILES string of the molecule is CCCNCCc1cn(Cc2ccc(F)c(Br)c2)cn1. The molecular weight excluding hydrogens is 321 g/mol. The molecule has 1 aromatic carbocycles. The third-order valence-corrected chi connectivity index (χ3v) is 3.63. The van der Waals surface area contributed by atoms with Gasteiger partial charge < -0.3 is 9.88 Å². The molecule has 5 heteroatoms. The Morgan fingerprint density at radius 1 is 1.35 bits per heavy atom. The molecule has 3 nitrogen and oxygen atoms in total. The monoisotopic (exact) mass is 339 g/mol. The van der Waals surface area contributed by atoms with Gasteiger partial charge >= 0.3 is 0 Å². The van der Waals surface area contributed by atoms with Crippen LogP contribution in [-0.4, -0.2) is 22.6 Å². The van der Waals surface area contributed by atoms with Crippen LogP contribution < -0.4 is 5.32 Å². The smallest absolute Gasteiger partial charge is 0.137 e. The number of imidazole rings is 1. The van der Waals surface area contributed by atoms with Gasteiger partial charge in [-0.3, -0.25) is 0 Å². The molecule has 1 heterocycles. The van der Waals surface area contributed by atoms with Crippen LogP contribution in [0.2, 0.25) is 0 Å². The Bertz CT molecular complexity index is 554. The van der Waals surface area contributed by atoms with Gasteiger partial charge in [0.2, 0.25) is 0 Å². The van der Waals surface area contributed by atoms with Crippen molar-refractivity contribution in [2.24, 2.45) is 0 Å². The van der Waals surface area contributed by atoms with E-state index in [1.165, 1.54) is 6.07 Å². The van der Waals surface area contributed by atoms with E-state index < -0.39 is 0 Å². The van der Waals surface area contributed by atoms with Crippen molar-refractivity contribution in [3.05, 3.63) is 52.3 Å². The number of hydrogen-bond donors (Lipinski definition) is 1. The molecule has 0 aliphatic rings. The van der Waals surface area contributed by atoms with E-state index >= 15 is 0 Å². The van der Waals surface area contributed by atoms with Crippen LogP contribution in [0.4, 0.5) is 4.39 Å². The maximum atomic E-state index is 13.2. The van der Waals surface area contributed by atoms with E-state index in [4.69, 9.17) is 0 Å². The van der Waals surface area contributed by atoms with Gasteiger partial charge in [-0.1, -0.05) is 13.0 Å². The Labute approximate surface area is 127 Å². The lowest BCUT2D eigenvalue weighted by atomic mass is 10.2. The standard InChI is InChI=1S/C15H19BrFN3/c1-2-6-18-7-5-13-10-20(11-19-13)9-12-3-4-15(17)14(16)8-12/h3-4,8,10-11,18H,2,5-7,9H2,1H3. The van der Waals surface area contributed by atoms with Crippen LogP contribution in [-0.2, 0) is 13.0 Å². The predicted octanol–water partition coefficient (Wildman–Crippen LogP) is 3.38. The van der Waals surface area contributed by atoms with Crippen LogP contribution in [0.25, 0.3) is 0 Å². The maximum Gasteiger partial charge on any atom is 0.137 e. The molecule has 0 fully saturated rings. The highest BCUT2D eigenvalue weighted by Gasteiger charge is 2.03. The third kappa shape index (κ3) is 4.42. The minimum atomic E-state index is -0.234. The van der Waals surface area contributed by atoms with Crippen molar-refractivity contribution in [2.45, 2.75) is 26.3 Å². The van der Waals surface area contributed by atoms with Gasteiger partial charge in [0.25, 0.3) is 0 Å². The number of halogens is 2. The molecule has 0 unspecified atom stereocenters. The molecule has 20 heavy (non-hydrogen) atoms. The maximum absolute atomic E-state index is 13.2. The lowest BCUT2D eigenvalue weighted by Gasteiger charge is -2.04. The van der Waals surface area contributed by atoms with E-state index in [0.29, 0.717) is 11.0 Å². The lowest BCUT2D eigenvalue weighted by Crippen LogP contribution is -2.17. The third-order valence-electron chi connectivity index (χ3n) is 3.02. The van der Waals surface area contributed by atoms with Crippen LogP contribution in [0.3, 0.4) is 0 Å². The second-order valence-electron chi connectivity index (χ2n) is 4.79. The quantitative estimate of drug-likeness (QED) is 0.783. The van der Waals surface area contributed by atoms with E-state index in [2.05, 4.69) is 33.2 Å². The molecular formula is C15H19BrFN3. The van der Waals surface area contributed by atoms with Gasteiger partial charge in [-0.15, -0.1) is 0 Å². The Morgan fingerprint density at radius 2 is 2.20 bits per heavy atom. The fourth-order valence-corrected chi connectivity index (χ4v) is 2.42. The number of benzene rings is 1. The summed E-state index contributed by atoms with van der Waals surface area (Å²) in [6.07, 6.45) is 5.95. The molecule has 0 atom stereocenters. The summed E-state index contributed by atoms with van der Waals surface area (Å²) in [6.45, 7) is 4.86. The molecule has 0 bridgehead atoms. The Balaban J connectivity index is 1.90. The summed E-state index contributed by atoms with van der Waals surface area (Å²) in [7, 11) is 0. The fourth-order valence-electron chi connectivity index (χ4n) is 1.99. The van der Waals surface area contributed by atoms with E-state index in [-0.39, 0.29) is 5.82 Å². The second-order valence-corrected chi connectivity index (χ2v) is 5.64. The van der Waals surface area contributed by atoms with Gasteiger partial charge in [0.05, 0.1) is 16.5 Å². The van der Waals surface area contributed by atoms with E-state index in [9.17, 15) is 4.39 Å². The van der Waals surface area contributed by atoms with Gasteiger partial charge in [0.15, 0.2) is 0 Å². The zero-order valence-electron chi connectivity index (χ0n) is 11.6. The fraction of sp³-hybridized carbons (Fsp3) is 0.400. The molecule has 1 N–H and O–H groups in total. The molecule has 0 radical (unpaired) electrons. The first-order chi connectivity index (χ1) is 9.69. The van der Waals surface area contributed by atoms with Crippen molar-refractivity contribution < 1.29 is 4.39 Å². The largest absolute Gasteiger partial charge is 0.333 e. The van der Waals surface area contributed by atoms with Crippen LogP contribution in [0.15, 0.2) is 35.2 Å². The normalized spacial score (nSPS) is 10.9. The predicted molar refractivity (Wildman–Crippen MR) is 82.3 cm³/mol. The lowest BCUT2D eigenvalue weighted by molar-refractivity contribution is 0.619. The molecule has 0 saturated heterocycles. The van der Waals surface area contributed by atoms with Crippen molar-refractivity contribution in [3.63, 3.8) is 0 Å². The summed E-state index contributed by atoms with van der Waals surface area (Å²) in [5.41, 5.74) is 2.13. The van der Waals surface area contributed by atoms with Crippen molar-refractivity contribution in [1.29, 1.82) is 0 Å². The second kappa shape index (κ2) is 7.55. The Kier molecular flexibility index (Phi) is 5.73. The molecule has 0 spiro atoms. The molecule has 1 aromatic heterocycles. The first-order valence-corrected chi connectivity index (χ1v) is 7.63. The van der Waals surface area contributed by atoms with Gasteiger partial charge in [0.1, 0.15) is 5.82 Å². The number of rotatable bonds is 7. The highest BCUT2D eigenvalue weighted by Crippen LogP contribution is 2.17. The summed E-state index contributed by atoms with van der Waals surface area (Å²) in [5, 5.41) is 3.36. The van der Waals surface area contributed by atoms with Crippen LogP contribution in [0.1, 0.15) is 24.6 Å². The average molecular weight is 340 g/mol.